The van der Waals surface area contributed by atoms with Crippen LogP contribution in [0.2, 0.25) is 0 Å². The van der Waals surface area contributed by atoms with Crippen molar-refractivity contribution in [1.29, 1.82) is 0 Å². The molecule has 0 aliphatic heterocycles. The number of aromatic nitrogens is 1. The lowest BCUT2D eigenvalue weighted by Gasteiger charge is -2.01. The van der Waals surface area contributed by atoms with Gasteiger partial charge in [-0.1, -0.05) is 25.6 Å². The van der Waals surface area contributed by atoms with Crippen LogP contribution in [0.5, 0.6) is 0 Å². The lowest BCUT2D eigenvalue weighted by Crippen LogP contribution is -2.00. The van der Waals surface area contributed by atoms with Crippen molar-refractivity contribution < 1.29 is 18.7 Å². The molecule has 0 amide bonds. The van der Waals surface area contributed by atoms with Crippen LogP contribution in [0, 0.1) is 5.82 Å². The molecule has 1 heterocycles. The Hall–Kier alpha value is -2.69. The quantitative estimate of drug-likeness (QED) is 0.793. The number of carboxylic acid groups (broad SMARTS) is 1. The van der Waals surface area contributed by atoms with E-state index in [0.29, 0.717) is 16.7 Å². The second-order valence-corrected chi connectivity index (χ2v) is 4.37. The standard InChI is InChI=1S/C15H10FNO3.CH4/c16-11-7-9(8-14(18)19)5-6-10(11)15-17-12-3-1-2-4-13(12)20-15;/h1-7H,8H2,(H,18,19);1H4. The Morgan fingerprint density at radius 2 is 2.00 bits per heavy atom. The van der Waals surface area contributed by atoms with Crippen molar-refractivity contribution in [1.82, 2.24) is 4.98 Å². The molecule has 0 aliphatic rings. The summed E-state index contributed by atoms with van der Waals surface area (Å²) in [5.74, 6) is -1.36. The van der Waals surface area contributed by atoms with E-state index >= 15 is 0 Å². The van der Waals surface area contributed by atoms with Crippen LogP contribution in [0.25, 0.3) is 22.6 Å². The predicted octanol–water partition coefficient (Wildman–Crippen LogP) is 3.90. The van der Waals surface area contributed by atoms with Crippen molar-refractivity contribution in [2.75, 3.05) is 0 Å². The summed E-state index contributed by atoms with van der Waals surface area (Å²) in [6.07, 6.45) is -0.218. The normalized spacial score (nSPS) is 10.3. The van der Waals surface area contributed by atoms with Crippen LogP contribution in [-0.4, -0.2) is 16.1 Å². The minimum atomic E-state index is -1.00. The van der Waals surface area contributed by atoms with Gasteiger partial charge in [0.2, 0.25) is 5.89 Å². The monoisotopic (exact) mass is 287 g/mol. The molecule has 1 N–H and O–H groups in total. The van der Waals surface area contributed by atoms with E-state index in [1.807, 2.05) is 12.1 Å². The first-order valence-corrected chi connectivity index (χ1v) is 5.99. The summed E-state index contributed by atoms with van der Waals surface area (Å²) < 4.78 is 19.5. The molecule has 0 aliphatic carbocycles. The molecule has 0 bridgehead atoms. The Bertz CT molecular complexity index is 762. The van der Waals surface area contributed by atoms with Gasteiger partial charge in [-0.2, -0.15) is 0 Å². The fraction of sp³-hybridized carbons (Fsp3) is 0.125. The van der Waals surface area contributed by atoms with Crippen molar-refractivity contribution in [2.45, 2.75) is 13.8 Å². The van der Waals surface area contributed by atoms with Crippen molar-refractivity contribution in [3.8, 4) is 11.5 Å². The summed E-state index contributed by atoms with van der Waals surface area (Å²) in [5, 5.41) is 8.69. The van der Waals surface area contributed by atoms with Gasteiger partial charge in [-0.05, 0) is 29.8 Å². The summed E-state index contributed by atoms with van der Waals surface area (Å²) in [6.45, 7) is 0. The molecular weight excluding hydrogens is 273 g/mol. The molecule has 0 saturated heterocycles. The maximum atomic E-state index is 14.0. The predicted molar refractivity (Wildman–Crippen MR) is 77.5 cm³/mol. The Kier molecular flexibility index (Phi) is 4.03. The van der Waals surface area contributed by atoms with Crippen molar-refractivity contribution in [2.24, 2.45) is 0 Å². The summed E-state index contributed by atoms with van der Waals surface area (Å²) in [5.41, 5.74) is 1.85. The molecule has 4 nitrogen and oxygen atoms in total. The number of oxazole rings is 1. The van der Waals surface area contributed by atoms with Gasteiger partial charge in [0.05, 0.1) is 12.0 Å². The number of para-hydroxylation sites is 2. The van der Waals surface area contributed by atoms with Gasteiger partial charge in [0.15, 0.2) is 5.58 Å². The summed E-state index contributed by atoms with van der Waals surface area (Å²) in [4.78, 5) is 14.8. The average molecular weight is 287 g/mol. The Morgan fingerprint density at radius 3 is 2.67 bits per heavy atom. The zero-order valence-corrected chi connectivity index (χ0v) is 10.3. The third-order valence-electron chi connectivity index (χ3n) is 2.91. The van der Waals surface area contributed by atoms with E-state index in [9.17, 15) is 9.18 Å². The van der Waals surface area contributed by atoms with Crippen molar-refractivity contribution in [3.05, 3.63) is 53.8 Å². The van der Waals surface area contributed by atoms with Crippen LogP contribution in [0.4, 0.5) is 4.39 Å². The highest BCUT2D eigenvalue weighted by Gasteiger charge is 2.13. The third kappa shape index (κ3) is 2.91. The number of benzene rings is 2. The summed E-state index contributed by atoms with van der Waals surface area (Å²) in [7, 11) is 0. The van der Waals surface area contributed by atoms with Gasteiger partial charge in [-0.25, -0.2) is 9.37 Å². The first kappa shape index (κ1) is 14.7. The lowest BCUT2D eigenvalue weighted by atomic mass is 10.1. The Labute approximate surface area is 120 Å². The van der Waals surface area contributed by atoms with Crippen LogP contribution in [-0.2, 0) is 11.2 Å². The highest BCUT2D eigenvalue weighted by molar-refractivity contribution is 5.76. The largest absolute Gasteiger partial charge is 0.481 e. The van der Waals surface area contributed by atoms with Gasteiger partial charge in [0, 0.05) is 0 Å². The molecule has 0 atom stereocenters. The highest BCUT2D eigenvalue weighted by atomic mass is 19.1. The van der Waals surface area contributed by atoms with Crippen LogP contribution in [0.15, 0.2) is 46.9 Å². The molecule has 2 aromatic carbocycles. The molecule has 0 fully saturated rings. The van der Waals surface area contributed by atoms with Crippen molar-refractivity contribution in [3.63, 3.8) is 0 Å². The first-order chi connectivity index (χ1) is 9.63. The fourth-order valence-electron chi connectivity index (χ4n) is 2.00. The first-order valence-electron chi connectivity index (χ1n) is 5.99. The molecule has 0 unspecified atom stereocenters. The van der Waals surface area contributed by atoms with E-state index in [2.05, 4.69) is 4.98 Å². The van der Waals surface area contributed by atoms with E-state index in [1.165, 1.54) is 12.1 Å². The number of rotatable bonds is 3. The van der Waals surface area contributed by atoms with Gasteiger partial charge in [0.25, 0.3) is 0 Å². The molecule has 0 radical (unpaired) electrons. The third-order valence-corrected chi connectivity index (χ3v) is 2.91. The van der Waals surface area contributed by atoms with Gasteiger partial charge in [-0.15, -0.1) is 0 Å². The molecule has 108 valence electrons. The molecule has 0 saturated carbocycles. The SMILES string of the molecule is C.O=C(O)Cc1ccc(-c2nc3ccccc3o2)c(F)c1. The number of fused-ring (bicyclic) bond motifs is 1. The van der Waals surface area contributed by atoms with Crippen molar-refractivity contribution >= 4 is 17.1 Å². The summed E-state index contributed by atoms with van der Waals surface area (Å²) >= 11 is 0. The number of hydrogen-bond acceptors (Lipinski definition) is 3. The minimum Gasteiger partial charge on any atom is -0.481 e. The fourth-order valence-corrected chi connectivity index (χ4v) is 2.00. The molecule has 5 heteroatoms. The minimum absolute atomic E-state index is 0. The lowest BCUT2D eigenvalue weighted by molar-refractivity contribution is -0.136. The number of carbonyl (C=O) groups is 1. The van der Waals surface area contributed by atoms with E-state index in [1.54, 1.807) is 18.2 Å². The van der Waals surface area contributed by atoms with E-state index in [4.69, 9.17) is 9.52 Å². The Balaban J connectivity index is 0.00000161. The molecular formula is C16H14FNO3. The molecule has 3 rings (SSSR count). The number of aliphatic carboxylic acids is 1. The maximum absolute atomic E-state index is 14.0. The van der Waals surface area contributed by atoms with Crippen LogP contribution in [0.3, 0.4) is 0 Å². The number of hydrogen-bond donors (Lipinski definition) is 1. The molecule has 21 heavy (non-hydrogen) atoms. The molecule has 1 aromatic heterocycles. The smallest absolute Gasteiger partial charge is 0.307 e. The zero-order chi connectivity index (χ0) is 14.1. The zero-order valence-electron chi connectivity index (χ0n) is 10.3. The molecule has 3 aromatic rings. The van der Waals surface area contributed by atoms with Gasteiger partial charge >= 0.3 is 5.97 Å². The maximum Gasteiger partial charge on any atom is 0.307 e. The van der Waals surface area contributed by atoms with E-state index in [0.717, 1.165) is 0 Å². The number of carboxylic acids is 1. The second kappa shape index (κ2) is 5.75. The molecule has 0 spiro atoms. The van der Waals surface area contributed by atoms with Gasteiger partial charge in [0.1, 0.15) is 11.3 Å². The number of halogens is 1. The topological polar surface area (TPSA) is 63.3 Å². The van der Waals surface area contributed by atoms with Crippen LogP contribution >= 0.6 is 0 Å². The Morgan fingerprint density at radius 1 is 1.24 bits per heavy atom. The van der Waals surface area contributed by atoms with Gasteiger partial charge < -0.3 is 9.52 Å². The van der Waals surface area contributed by atoms with Gasteiger partial charge in [-0.3, -0.25) is 4.79 Å². The second-order valence-electron chi connectivity index (χ2n) is 4.37. The van der Waals surface area contributed by atoms with Crippen LogP contribution in [0.1, 0.15) is 13.0 Å². The highest BCUT2D eigenvalue weighted by Crippen LogP contribution is 2.26. The van der Waals surface area contributed by atoms with E-state index in [-0.39, 0.29) is 25.3 Å². The van der Waals surface area contributed by atoms with Crippen LogP contribution < -0.4 is 0 Å². The summed E-state index contributed by atoms with van der Waals surface area (Å²) in [6, 6.07) is 11.4. The average Bonchev–Trinajstić information content (AvgIpc) is 2.81. The van der Waals surface area contributed by atoms with E-state index < -0.39 is 11.8 Å². The number of nitrogens with zero attached hydrogens (tertiary/aromatic N) is 1.